The van der Waals surface area contributed by atoms with Gasteiger partial charge < -0.3 is 14.2 Å². The maximum Gasteiger partial charge on any atom is 0.304 e. The summed E-state index contributed by atoms with van der Waals surface area (Å²) in [5, 5.41) is 0. The molecule has 4 atom stereocenters. The minimum absolute atomic E-state index is 0.0891. The van der Waals surface area contributed by atoms with Crippen molar-refractivity contribution < 1.29 is 28.6 Å². The molecule has 2 fully saturated rings. The zero-order chi connectivity index (χ0) is 11.9. The van der Waals surface area contributed by atoms with Crippen LogP contribution in [0.2, 0.25) is 0 Å². The van der Waals surface area contributed by atoms with E-state index < -0.39 is 36.4 Å². The molecule has 1 aliphatic heterocycles. The van der Waals surface area contributed by atoms with Crippen LogP contribution in [0.3, 0.4) is 0 Å². The molecule has 2 rings (SSSR count). The minimum Gasteiger partial charge on any atom is -0.459 e. The van der Waals surface area contributed by atoms with Gasteiger partial charge in [0.2, 0.25) is 6.29 Å². The molecular formula is C10H12O6. The number of Topliss-reactive ketones (excluding diaryl/α,β-unsaturated/α-hetero) is 1. The molecule has 6 nitrogen and oxygen atoms in total. The van der Waals surface area contributed by atoms with Gasteiger partial charge in [0.1, 0.15) is 23.9 Å². The van der Waals surface area contributed by atoms with Crippen molar-refractivity contribution in [3.8, 4) is 0 Å². The van der Waals surface area contributed by atoms with Gasteiger partial charge in [0.15, 0.2) is 0 Å². The van der Waals surface area contributed by atoms with Crippen molar-refractivity contribution in [3.05, 3.63) is 0 Å². The third-order valence-corrected chi connectivity index (χ3v) is 2.68. The Balaban J connectivity index is 2.10. The Kier molecular flexibility index (Phi) is 2.67. The second-order valence-corrected chi connectivity index (χ2v) is 3.92. The van der Waals surface area contributed by atoms with Crippen LogP contribution in [-0.2, 0) is 28.6 Å². The molecule has 6 heteroatoms. The van der Waals surface area contributed by atoms with Gasteiger partial charge in [-0.05, 0) is 0 Å². The molecule has 16 heavy (non-hydrogen) atoms. The highest BCUT2D eigenvalue weighted by atomic mass is 16.7. The van der Waals surface area contributed by atoms with E-state index in [2.05, 4.69) is 0 Å². The van der Waals surface area contributed by atoms with Crippen LogP contribution < -0.4 is 0 Å². The van der Waals surface area contributed by atoms with Crippen molar-refractivity contribution in [2.24, 2.45) is 5.92 Å². The minimum atomic E-state index is -0.909. The van der Waals surface area contributed by atoms with Crippen LogP contribution in [0.4, 0.5) is 0 Å². The first-order chi connectivity index (χ1) is 7.49. The van der Waals surface area contributed by atoms with Crippen molar-refractivity contribution in [3.63, 3.8) is 0 Å². The zero-order valence-electron chi connectivity index (χ0n) is 8.97. The molecule has 0 aromatic carbocycles. The molecule has 1 saturated heterocycles. The lowest BCUT2D eigenvalue weighted by Gasteiger charge is -2.19. The molecule has 0 N–H and O–H groups in total. The molecule has 0 aromatic heterocycles. The SMILES string of the molecule is CC(=O)OC1[C@H]2CC(=O)[C@@H]1[C@H](OC(C)=O)O2. The number of rotatable bonds is 2. The Hall–Kier alpha value is -1.43. The molecule has 1 aliphatic carbocycles. The van der Waals surface area contributed by atoms with Crippen molar-refractivity contribution in [1.82, 2.24) is 0 Å². The van der Waals surface area contributed by atoms with Crippen LogP contribution in [0.25, 0.3) is 0 Å². The molecule has 0 spiro atoms. The average molecular weight is 228 g/mol. The van der Waals surface area contributed by atoms with Gasteiger partial charge in [0.05, 0.1) is 0 Å². The van der Waals surface area contributed by atoms with E-state index in [1.165, 1.54) is 13.8 Å². The predicted molar refractivity (Wildman–Crippen MR) is 49.1 cm³/mol. The number of ketones is 1. The normalized spacial score (nSPS) is 36.2. The highest BCUT2D eigenvalue weighted by Crippen LogP contribution is 2.40. The number of carbonyl (C=O) groups is 3. The summed E-state index contributed by atoms with van der Waals surface area (Å²) in [4.78, 5) is 33.2. The summed E-state index contributed by atoms with van der Waals surface area (Å²) in [5.74, 6) is -1.75. The molecule has 2 bridgehead atoms. The number of fused-ring (bicyclic) bond motifs is 2. The molecule has 88 valence electrons. The quantitative estimate of drug-likeness (QED) is 0.609. The summed E-state index contributed by atoms with van der Waals surface area (Å²) in [6, 6.07) is 0. The van der Waals surface area contributed by atoms with Gasteiger partial charge in [-0.3, -0.25) is 14.4 Å². The summed E-state index contributed by atoms with van der Waals surface area (Å²) >= 11 is 0. The Morgan fingerprint density at radius 3 is 2.44 bits per heavy atom. The average Bonchev–Trinajstić information content (AvgIpc) is 2.55. The molecule has 0 aromatic rings. The summed E-state index contributed by atoms with van der Waals surface area (Å²) in [5.41, 5.74) is 0. The van der Waals surface area contributed by atoms with Crippen LogP contribution in [0.15, 0.2) is 0 Å². The van der Waals surface area contributed by atoms with E-state index in [1.54, 1.807) is 0 Å². The molecule has 1 unspecified atom stereocenters. The molecule has 0 amide bonds. The van der Waals surface area contributed by atoms with Crippen LogP contribution >= 0.6 is 0 Å². The van der Waals surface area contributed by atoms with E-state index in [-0.39, 0.29) is 12.2 Å². The van der Waals surface area contributed by atoms with Gasteiger partial charge in [-0.2, -0.15) is 0 Å². The molecule has 1 heterocycles. The van der Waals surface area contributed by atoms with E-state index in [0.717, 1.165) is 0 Å². The first-order valence-corrected chi connectivity index (χ1v) is 5.01. The maximum absolute atomic E-state index is 11.6. The smallest absolute Gasteiger partial charge is 0.304 e. The lowest BCUT2D eigenvalue weighted by atomic mass is 10.1. The van der Waals surface area contributed by atoms with E-state index in [1.807, 2.05) is 0 Å². The topological polar surface area (TPSA) is 78.9 Å². The Bertz CT molecular complexity index is 349. The Morgan fingerprint density at radius 1 is 1.25 bits per heavy atom. The summed E-state index contributed by atoms with van der Waals surface area (Å²) in [6.07, 6.45) is -1.80. The van der Waals surface area contributed by atoms with Crippen molar-refractivity contribution >= 4 is 17.7 Å². The van der Waals surface area contributed by atoms with Gasteiger partial charge in [0, 0.05) is 20.3 Å². The first-order valence-electron chi connectivity index (χ1n) is 5.01. The zero-order valence-corrected chi connectivity index (χ0v) is 8.97. The second-order valence-electron chi connectivity index (χ2n) is 3.92. The summed E-state index contributed by atoms with van der Waals surface area (Å²) in [7, 11) is 0. The molecular weight excluding hydrogens is 216 g/mol. The van der Waals surface area contributed by atoms with Gasteiger partial charge in [0.25, 0.3) is 0 Å². The monoisotopic (exact) mass is 228 g/mol. The molecule has 0 radical (unpaired) electrons. The Morgan fingerprint density at radius 2 is 1.88 bits per heavy atom. The molecule has 2 aliphatic rings. The largest absolute Gasteiger partial charge is 0.459 e. The molecule has 1 saturated carbocycles. The maximum atomic E-state index is 11.6. The highest BCUT2D eigenvalue weighted by molar-refractivity contribution is 5.87. The lowest BCUT2D eigenvalue weighted by Crippen LogP contribution is -2.33. The number of hydrogen-bond acceptors (Lipinski definition) is 6. The van der Waals surface area contributed by atoms with Crippen molar-refractivity contribution in [2.75, 3.05) is 0 Å². The van der Waals surface area contributed by atoms with E-state index >= 15 is 0 Å². The van der Waals surface area contributed by atoms with Crippen molar-refractivity contribution in [1.29, 1.82) is 0 Å². The second kappa shape index (κ2) is 3.86. The third kappa shape index (κ3) is 1.80. The van der Waals surface area contributed by atoms with E-state index in [0.29, 0.717) is 0 Å². The fourth-order valence-electron chi connectivity index (χ4n) is 2.16. The first kappa shape index (κ1) is 11.1. The van der Waals surface area contributed by atoms with E-state index in [4.69, 9.17) is 14.2 Å². The van der Waals surface area contributed by atoms with Gasteiger partial charge in [-0.1, -0.05) is 0 Å². The third-order valence-electron chi connectivity index (χ3n) is 2.68. The van der Waals surface area contributed by atoms with Crippen LogP contribution in [0.1, 0.15) is 20.3 Å². The summed E-state index contributed by atoms with van der Waals surface area (Å²) in [6.45, 7) is 2.50. The highest BCUT2D eigenvalue weighted by Gasteiger charge is 2.58. The van der Waals surface area contributed by atoms with E-state index in [9.17, 15) is 14.4 Å². The van der Waals surface area contributed by atoms with Crippen molar-refractivity contribution in [2.45, 2.75) is 38.8 Å². The van der Waals surface area contributed by atoms with Gasteiger partial charge in [-0.25, -0.2) is 0 Å². The summed E-state index contributed by atoms with van der Waals surface area (Å²) < 4.78 is 15.2. The van der Waals surface area contributed by atoms with Gasteiger partial charge >= 0.3 is 11.9 Å². The fourth-order valence-corrected chi connectivity index (χ4v) is 2.16. The van der Waals surface area contributed by atoms with Gasteiger partial charge in [-0.15, -0.1) is 0 Å². The number of carbonyl (C=O) groups excluding carboxylic acids is 3. The fraction of sp³-hybridized carbons (Fsp3) is 0.700. The number of ether oxygens (including phenoxy) is 3. The van der Waals surface area contributed by atoms with Crippen LogP contribution in [0.5, 0.6) is 0 Å². The van der Waals surface area contributed by atoms with Crippen LogP contribution in [-0.4, -0.2) is 36.2 Å². The standard InChI is InChI=1S/C10H12O6/c1-4(11)14-9-7-3-6(13)8(9)10(16-7)15-5(2)12/h7-10H,3H2,1-2H3/t7-,8+,9?,10-/m1/s1. The number of hydrogen-bond donors (Lipinski definition) is 0. The lowest BCUT2D eigenvalue weighted by molar-refractivity contribution is -0.187. The van der Waals surface area contributed by atoms with Crippen LogP contribution in [0, 0.1) is 5.92 Å². The Labute approximate surface area is 91.8 Å². The number of esters is 2. The predicted octanol–water partition coefficient (Wildman–Crippen LogP) is -0.205.